The summed E-state index contributed by atoms with van der Waals surface area (Å²) in [6.07, 6.45) is 1.71. The molecule has 0 amide bonds. The van der Waals surface area contributed by atoms with Crippen LogP contribution in [0.15, 0.2) is 36.5 Å². The third-order valence-corrected chi connectivity index (χ3v) is 6.78. The van der Waals surface area contributed by atoms with E-state index in [1.807, 2.05) is 18.2 Å². The second kappa shape index (κ2) is 9.20. The van der Waals surface area contributed by atoms with Crippen molar-refractivity contribution >= 4 is 55.7 Å². The summed E-state index contributed by atoms with van der Waals surface area (Å²) in [6, 6.07) is 8.97. The molecule has 0 saturated carbocycles. The second-order valence-corrected chi connectivity index (χ2v) is 9.32. The lowest BCUT2D eigenvalue weighted by Crippen LogP contribution is -2.35. The van der Waals surface area contributed by atoms with Gasteiger partial charge in [0.1, 0.15) is 16.8 Å². The quantitative estimate of drug-likeness (QED) is 0.498. The highest BCUT2D eigenvalue weighted by Crippen LogP contribution is 2.24. The molecule has 1 aromatic carbocycles. The van der Waals surface area contributed by atoms with Gasteiger partial charge in [0.2, 0.25) is 5.28 Å². The standard InChI is InChI=1S/C19H20Cl2N4O4S/c1-3-15(18(26)29-4-2)30(27,28)11-22-17-8-6-12-5-7-13(9-14(12)23-17)25-10-16(20)24-19(25)21/h5-10,15H,3-4,11H2,1-2H3,(H,22,23). The summed E-state index contributed by atoms with van der Waals surface area (Å²) in [6.45, 7) is 3.38. The number of hydrogen-bond acceptors (Lipinski definition) is 7. The number of fused-ring (bicyclic) bond motifs is 1. The first kappa shape index (κ1) is 22.3. The van der Waals surface area contributed by atoms with Gasteiger partial charge in [-0.05, 0) is 49.2 Å². The van der Waals surface area contributed by atoms with Crippen molar-refractivity contribution in [2.24, 2.45) is 0 Å². The molecule has 0 aliphatic heterocycles. The highest BCUT2D eigenvalue weighted by Gasteiger charge is 2.32. The van der Waals surface area contributed by atoms with Gasteiger partial charge in [0.05, 0.1) is 17.8 Å². The maximum Gasteiger partial charge on any atom is 0.324 e. The average molecular weight is 471 g/mol. The maximum absolute atomic E-state index is 12.6. The van der Waals surface area contributed by atoms with E-state index < -0.39 is 26.9 Å². The minimum Gasteiger partial charge on any atom is -0.465 e. The predicted molar refractivity (Wildman–Crippen MR) is 117 cm³/mol. The average Bonchev–Trinajstić information content (AvgIpc) is 3.04. The number of carbonyl (C=O) groups is 1. The van der Waals surface area contributed by atoms with E-state index in [4.69, 9.17) is 27.9 Å². The molecule has 2 heterocycles. The first-order valence-electron chi connectivity index (χ1n) is 9.18. The Bertz CT molecular complexity index is 1180. The van der Waals surface area contributed by atoms with E-state index >= 15 is 0 Å². The number of imidazole rings is 1. The molecule has 1 atom stereocenters. The number of nitrogens with one attached hydrogen (secondary N) is 1. The third-order valence-electron chi connectivity index (χ3n) is 4.40. The number of pyridine rings is 1. The number of sulfone groups is 1. The van der Waals surface area contributed by atoms with E-state index in [2.05, 4.69) is 15.3 Å². The van der Waals surface area contributed by atoms with Gasteiger partial charge >= 0.3 is 5.97 Å². The van der Waals surface area contributed by atoms with Crippen LogP contribution in [-0.2, 0) is 19.4 Å². The van der Waals surface area contributed by atoms with Gasteiger partial charge < -0.3 is 10.1 Å². The van der Waals surface area contributed by atoms with Crippen LogP contribution < -0.4 is 5.32 Å². The zero-order valence-corrected chi connectivity index (χ0v) is 18.6. The van der Waals surface area contributed by atoms with Gasteiger partial charge in [0.25, 0.3) is 0 Å². The van der Waals surface area contributed by atoms with Crippen molar-refractivity contribution in [3.63, 3.8) is 0 Å². The monoisotopic (exact) mass is 470 g/mol. The van der Waals surface area contributed by atoms with Crippen molar-refractivity contribution in [3.8, 4) is 5.69 Å². The molecule has 0 aliphatic rings. The van der Waals surface area contributed by atoms with E-state index in [9.17, 15) is 13.2 Å². The minimum absolute atomic E-state index is 0.124. The number of hydrogen-bond donors (Lipinski definition) is 1. The van der Waals surface area contributed by atoms with Gasteiger partial charge in [-0.15, -0.1) is 0 Å². The van der Waals surface area contributed by atoms with Gasteiger partial charge in [-0.25, -0.2) is 18.4 Å². The summed E-state index contributed by atoms with van der Waals surface area (Å²) in [7, 11) is -3.77. The fraction of sp³-hybridized carbons (Fsp3) is 0.316. The van der Waals surface area contributed by atoms with Crippen LogP contribution in [-0.4, -0.2) is 46.7 Å². The Hall–Kier alpha value is -2.36. The number of nitrogens with zero attached hydrogens (tertiary/aromatic N) is 3. The number of anilines is 1. The number of benzene rings is 1. The molecule has 0 saturated heterocycles. The number of esters is 1. The van der Waals surface area contributed by atoms with E-state index in [0.29, 0.717) is 17.0 Å². The van der Waals surface area contributed by atoms with E-state index in [-0.39, 0.29) is 23.5 Å². The molecule has 0 bridgehead atoms. The lowest BCUT2D eigenvalue weighted by atomic mass is 10.2. The molecule has 2 aromatic heterocycles. The van der Waals surface area contributed by atoms with Crippen LogP contribution in [0.25, 0.3) is 16.6 Å². The molecule has 0 radical (unpaired) electrons. The molecule has 0 aliphatic carbocycles. The number of aromatic nitrogens is 3. The topological polar surface area (TPSA) is 103 Å². The highest BCUT2D eigenvalue weighted by atomic mass is 35.5. The predicted octanol–water partition coefficient (Wildman–Crippen LogP) is 3.85. The molecule has 3 rings (SSSR count). The molecule has 160 valence electrons. The maximum atomic E-state index is 12.6. The number of halogens is 2. The van der Waals surface area contributed by atoms with Crippen molar-refractivity contribution in [2.75, 3.05) is 17.8 Å². The molecule has 30 heavy (non-hydrogen) atoms. The summed E-state index contributed by atoms with van der Waals surface area (Å²) in [5.41, 5.74) is 1.32. The van der Waals surface area contributed by atoms with Crippen molar-refractivity contribution in [2.45, 2.75) is 25.5 Å². The van der Waals surface area contributed by atoms with Crippen LogP contribution in [0.5, 0.6) is 0 Å². The first-order chi connectivity index (χ1) is 14.2. The third kappa shape index (κ3) is 4.85. The molecule has 11 heteroatoms. The second-order valence-electron chi connectivity index (χ2n) is 6.41. The molecular formula is C19H20Cl2N4O4S. The normalized spacial score (nSPS) is 12.7. The first-order valence-corrected chi connectivity index (χ1v) is 11.7. The Kier molecular flexibility index (Phi) is 6.84. The molecule has 1 N–H and O–H groups in total. The summed E-state index contributed by atoms with van der Waals surface area (Å²) >= 11 is 12.0. The number of rotatable bonds is 8. The summed E-state index contributed by atoms with van der Waals surface area (Å²) in [4.78, 5) is 20.4. The largest absolute Gasteiger partial charge is 0.465 e. The molecule has 1 unspecified atom stereocenters. The van der Waals surface area contributed by atoms with Gasteiger partial charge in [0, 0.05) is 11.6 Å². The van der Waals surface area contributed by atoms with Gasteiger partial charge in [-0.1, -0.05) is 24.6 Å². The molecular weight excluding hydrogens is 451 g/mol. The van der Waals surface area contributed by atoms with Crippen LogP contribution >= 0.6 is 23.2 Å². The van der Waals surface area contributed by atoms with E-state index in [1.165, 1.54) is 0 Å². The Morgan fingerprint density at radius 3 is 2.57 bits per heavy atom. The van der Waals surface area contributed by atoms with E-state index in [0.717, 1.165) is 5.39 Å². The van der Waals surface area contributed by atoms with Crippen LogP contribution in [0.1, 0.15) is 20.3 Å². The molecule has 8 nitrogen and oxygen atoms in total. The molecule has 3 aromatic rings. The molecule has 0 spiro atoms. The zero-order valence-electron chi connectivity index (χ0n) is 16.3. The molecule has 0 fully saturated rings. The van der Waals surface area contributed by atoms with Crippen molar-refractivity contribution in [1.29, 1.82) is 0 Å². The van der Waals surface area contributed by atoms with Gasteiger partial charge in [-0.3, -0.25) is 9.36 Å². The summed E-state index contributed by atoms with van der Waals surface area (Å²) < 4.78 is 31.6. The fourth-order valence-corrected chi connectivity index (χ4v) is 4.82. The SMILES string of the molecule is CCOC(=O)C(CC)S(=O)(=O)CNc1ccc2ccc(-n3cc(Cl)nc3Cl)cc2n1. The summed E-state index contributed by atoms with van der Waals surface area (Å²) in [5, 5.41) is 2.90. The smallest absolute Gasteiger partial charge is 0.324 e. The lowest BCUT2D eigenvalue weighted by Gasteiger charge is -2.15. The highest BCUT2D eigenvalue weighted by molar-refractivity contribution is 7.92. The number of carbonyl (C=O) groups excluding carboxylic acids is 1. The van der Waals surface area contributed by atoms with Crippen molar-refractivity contribution in [1.82, 2.24) is 14.5 Å². The van der Waals surface area contributed by atoms with E-state index in [1.54, 1.807) is 36.7 Å². The van der Waals surface area contributed by atoms with Gasteiger partial charge in [0.15, 0.2) is 15.1 Å². The van der Waals surface area contributed by atoms with Crippen LogP contribution in [0.2, 0.25) is 10.4 Å². The van der Waals surface area contributed by atoms with Crippen LogP contribution in [0, 0.1) is 0 Å². The number of ether oxygens (including phenoxy) is 1. The van der Waals surface area contributed by atoms with Gasteiger partial charge in [-0.2, -0.15) is 0 Å². The summed E-state index contributed by atoms with van der Waals surface area (Å²) in [5.74, 6) is -0.823. The Labute approximate surface area is 184 Å². The van der Waals surface area contributed by atoms with Crippen LogP contribution in [0.4, 0.5) is 5.82 Å². The Morgan fingerprint density at radius 1 is 1.20 bits per heavy atom. The zero-order chi connectivity index (χ0) is 21.9. The Balaban J connectivity index is 1.83. The fourth-order valence-electron chi connectivity index (χ4n) is 2.94. The lowest BCUT2D eigenvalue weighted by molar-refractivity contribution is -0.142. The minimum atomic E-state index is -3.77. The van der Waals surface area contributed by atoms with Crippen molar-refractivity contribution in [3.05, 3.63) is 47.0 Å². The Morgan fingerprint density at radius 2 is 1.93 bits per heavy atom. The van der Waals surface area contributed by atoms with Crippen molar-refractivity contribution < 1.29 is 17.9 Å². The van der Waals surface area contributed by atoms with Crippen LogP contribution in [0.3, 0.4) is 0 Å².